The lowest BCUT2D eigenvalue weighted by Crippen LogP contribution is -2.18. The van der Waals surface area contributed by atoms with Crippen LogP contribution in [0, 0.1) is 5.92 Å². The SMILES string of the molecule is COc1ccc2c(c1)C[C@H](O)[C@H]2C(C)C. The Kier molecular flexibility index (Phi) is 2.70. The molecule has 1 aromatic carbocycles. The molecule has 0 heterocycles. The summed E-state index contributed by atoms with van der Waals surface area (Å²) in [5.74, 6) is 1.64. The first-order valence-corrected chi connectivity index (χ1v) is 5.48. The number of ether oxygens (including phenoxy) is 1. The zero-order chi connectivity index (χ0) is 11.0. The second kappa shape index (κ2) is 3.86. The van der Waals surface area contributed by atoms with Crippen LogP contribution in [0.1, 0.15) is 30.9 Å². The molecule has 2 atom stereocenters. The van der Waals surface area contributed by atoms with E-state index in [0.717, 1.165) is 12.2 Å². The number of methoxy groups -OCH3 is 1. The summed E-state index contributed by atoms with van der Waals surface area (Å²) in [6, 6.07) is 6.11. The van der Waals surface area contributed by atoms with E-state index in [1.165, 1.54) is 11.1 Å². The summed E-state index contributed by atoms with van der Waals surface area (Å²) in [6.07, 6.45) is 0.530. The summed E-state index contributed by atoms with van der Waals surface area (Å²) in [5.41, 5.74) is 2.53. The van der Waals surface area contributed by atoms with E-state index in [0.29, 0.717) is 5.92 Å². The average Bonchev–Trinajstić information content (AvgIpc) is 2.52. The molecule has 0 aromatic heterocycles. The minimum Gasteiger partial charge on any atom is -0.497 e. The quantitative estimate of drug-likeness (QED) is 0.805. The van der Waals surface area contributed by atoms with Gasteiger partial charge >= 0.3 is 0 Å². The number of aliphatic hydroxyl groups is 1. The molecule has 0 radical (unpaired) electrons. The van der Waals surface area contributed by atoms with Gasteiger partial charge in [-0.1, -0.05) is 19.9 Å². The van der Waals surface area contributed by atoms with Crippen LogP contribution in [0.5, 0.6) is 5.75 Å². The van der Waals surface area contributed by atoms with Gasteiger partial charge in [0.25, 0.3) is 0 Å². The lowest BCUT2D eigenvalue weighted by Gasteiger charge is -2.19. The van der Waals surface area contributed by atoms with Crippen LogP contribution in [0.2, 0.25) is 0 Å². The number of benzene rings is 1. The van der Waals surface area contributed by atoms with E-state index in [1.54, 1.807) is 7.11 Å². The topological polar surface area (TPSA) is 29.5 Å². The van der Waals surface area contributed by atoms with Gasteiger partial charge in [-0.05, 0) is 35.6 Å². The summed E-state index contributed by atoms with van der Waals surface area (Å²) in [5, 5.41) is 10.0. The molecule has 0 unspecified atom stereocenters. The molecule has 0 saturated carbocycles. The molecule has 2 nitrogen and oxygen atoms in total. The van der Waals surface area contributed by atoms with E-state index in [1.807, 2.05) is 12.1 Å². The van der Waals surface area contributed by atoms with Gasteiger partial charge in [0.1, 0.15) is 5.75 Å². The predicted octanol–water partition coefficient (Wildman–Crippen LogP) is 2.35. The Morgan fingerprint density at radius 1 is 1.40 bits per heavy atom. The van der Waals surface area contributed by atoms with Gasteiger partial charge in [0.2, 0.25) is 0 Å². The highest BCUT2D eigenvalue weighted by Crippen LogP contribution is 2.39. The predicted molar refractivity (Wildman–Crippen MR) is 60.3 cm³/mol. The van der Waals surface area contributed by atoms with E-state index in [-0.39, 0.29) is 12.0 Å². The molecule has 1 aliphatic carbocycles. The normalized spacial score (nSPS) is 24.3. The molecule has 1 N–H and O–H groups in total. The van der Waals surface area contributed by atoms with Crippen molar-refractivity contribution >= 4 is 0 Å². The average molecular weight is 206 g/mol. The summed E-state index contributed by atoms with van der Waals surface area (Å²) in [7, 11) is 1.67. The van der Waals surface area contributed by atoms with Crippen LogP contribution < -0.4 is 4.74 Å². The second-order valence-electron chi connectivity index (χ2n) is 4.61. The van der Waals surface area contributed by atoms with E-state index >= 15 is 0 Å². The number of fused-ring (bicyclic) bond motifs is 1. The van der Waals surface area contributed by atoms with E-state index in [9.17, 15) is 5.11 Å². The third-order valence-electron chi connectivity index (χ3n) is 3.27. The lowest BCUT2D eigenvalue weighted by molar-refractivity contribution is 0.136. The second-order valence-corrected chi connectivity index (χ2v) is 4.61. The zero-order valence-electron chi connectivity index (χ0n) is 9.53. The van der Waals surface area contributed by atoms with Crippen LogP contribution >= 0.6 is 0 Å². The van der Waals surface area contributed by atoms with Crippen LogP contribution in [0.3, 0.4) is 0 Å². The minimum atomic E-state index is -0.230. The first-order chi connectivity index (χ1) is 7.13. The maximum atomic E-state index is 10.0. The van der Waals surface area contributed by atoms with Crippen molar-refractivity contribution in [1.29, 1.82) is 0 Å². The molecule has 0 fully saturated rings. The Morgan fingerprint density at radius 2 is 2.13 bits per heavy atom. The molecule has 0 bridgehead atoms. The van der Waals surface area contributed by atoms with E-state index < -0.39 is 0 Å². The van der Waals surface area contributed by atoms with E-state index in [4.69, 9.17) is 4.74 Å². The maximum absolute atomic E-state index is 10.0. The van der Waals surface area contributed by atoms with Gasteiger partial charge in [0.15, 0.2) is 0 Å². The van der Waals surface area contributed by atoms with Crippen molar-refractivity contribution in [2.24, 2.45) is 5.92 Å². The Morgan fingerprint density at radius 3 is 2.73 bits per heavy atom. The standard InChI is InChI=1S/C13H18O2/c1-8(2)13-11-5-4-10(15-3)6-9(11)7-12(13)14/h4-6,8,12-14H,7H2,1-3H3/t12-,13-/m0/s1. The van der Waals surface area contributed by atoms with Crippen molar-refractivity contribution in [3.63, 3.8) is 0 Å². The van der Waals surface area contributed by atoms with Crippen molar-refractivity contribution in [3.05, 3.63) is 29.3 Å². The molecule has 1 aromatic rings. The fourth-order valence-corrected chi connectivity index (χ4v) is 2.57. The van der Waals surface area contributed by atoms with Crippen molar-refractivity contribution in [2.45, 2.75) is 32.3 Å². The lowest BCUT2D eigenvalue weighted by atomic mass is 9.88. The monoisotopic (exact) mass is 206 g/mol. The summed E-state index contributed by atoms with van der Waals surface area (Å²) >= 11 is 0. The highest BCUT2D eigenvalue weighted by atomic mass is 16.5. The summed E-state index contributed by atoms with van der Waals surface area (Å²) < 4.78 is 5.19. The fourth-order valence-electron chi connectivity index (χ4n) is 2.57. The fraction of sp³-hybridized carbons (Fsp3) is 0.538. The Balaban J connectivity index is 2.38. The van der Waals surface area contributed by atoms with Gasteiger partial charge in [-0.25, -0.2) is 0 Å². The number of hydrogen-bond donors (Lipinski definition) is 1. The molecule has 0 aliphatic heterocycles. The highest BCUT2D eigenvalue weighted by Gasteiger charge is 2.33. The highest BCUT2D eigenvalue weighted by molar-refractivity contribution is 5.42. The van der Waals surface area contributed by atoms with Crippen molar-refractivity contribution in [1.82, 2.24) is 0 Å². The van der Waals surface area contributed by atoms with Crippen molar-refractivity contribution in [3.8, 4) is 5.75 Å². The van der Waals surface area contributed by atoms with Crippen molar-refractivity contribution in [2.75, 3.05) is 7.11 Å². The molecule has 15 heavy (non-hydrogen) atoms. The first-order valence-electron chi connectivity index (χ1n) is 5.48. The van der Waals surface area contributed by atoms with Gasteiger partial charge in [-0.15, -0.1) is 0 Å². The molecular weight excluding hydrogens is 188 g/mol. The number of hydrogen-bond acceptors (Lipinski definition) is 2. The third kappa shape index (κ3) is 1.74. The maximum Gasteiger partial charge on any atom is 0.119 e. The molecular formula is C13H18O2. The molecule has 2 rings (SSSR count). The Labute approximate surface area is 90.9 Å². The van der Waals surface area contributed by atoms with Crippen LogP contribution in [-0.4, -0.2) is 18.3 Å². The van der Waals surface area contributed by atoms with Gasteiger partial charge in [-0.3, -0.25) is 0 Å². The minimum absolute atomic E-state index is 0.230. The molecule has 82 valence electrons. The number of rotatable bonds is 2. The smallest absolute Gasteiger partial charge is 0.119 e. The molecule has 2 heteroatoms. The van der Waals surface area contributed by atoms with E-state index in [2.05, 4.69) is 19.9 Å². The van der Waals surface area contributed by atoms with Crippen molar-refractivity contribution < 1.29 is 9.84 Å². The van der Waals surface area contributed by atoms with Crippen LogP contribution in [0.15, 0.2) is 18.2 Å². The first kappa shape index (κ1) is 10.5. The third-order valence-corrected chi connectivity index (χ3v) is 3.27. The van der Waals surface area contributed by atoms with Crippen LogP contribution in [-0.2, 0) is 6.42 Å². The van der Waals surface area contributed by atoms with Gasteiger partial charge in [0.05, 0.1) is 13.2 Å². The molecule has 0 amide bonds. The van der Waals surface area contributed by atoms with Gasteiger partial charge in [-0.2, -0.15) is 0 Å². The summed E-state index contributed by atoms with van der Waals surface area (Å²) in [6.45, 7) is 4.32. The van der Waals surface area contributed by atoms with Crippen LogP contribution in [0.25, 0.3) is 0 Å². The van der Waals surface area contributed by atoms with Crippen LogP contribution in [0.4, 0.5) is 0 Å². The Hall–Kier alpha value is -1.02. The number of aliphatic hydroxyl groups excluding tert-OH is 1. The zero-order valence-corrected chi connectivity index (χ0v) is 9.53. The largest absolute Gasteiger partial charge is 0.497 e. The van der Waals surface area contributed by atoms with Gasteiger partial charge in [0, 0.05) is 5.92 Å². The molecule has 0 saturated heterocycles. The summed E-state index contributed by atoms with van der Waals surface area (Å²) in [4.78, 5) is 0. The Bertz CT molecular complexity index is 358. The molecule has 0 spiro atoms. The molecule has 1 aliphatic rings. The van der Waals surface area contributed by atoms with Gasteiger partial charge < -0.3 is 9.84 Å².